The van der Waals surface area contributed by atoms with E-state index in [4.69, 9.17) is 9.47 Å². The first kappa shape index (κ1) is 17.9. The van der Waals surface area contributed by atoms with Crippen LogP contribution in [-0.4, -0.2) is 30.0 Å². The molecule has 0 radical (unpaired) electrons. The van der Waals surface area contributed by atoms with Crippen molar-refractivity contribution in [3.05, 3.63) is 64.2 Å². The fraction of sp³-hybridized carbons (Fsp3) is 0.176. The van der Waals surface area contributed by atoms with E-state index in [0.717, 1.165) is 0 Å². The van der Waals surface area contributed by atoms with Gasteiger partial charge in [-0.3, -0.25) is 14.9 Å². The molecule has 1 atom stereocenters. The number of carbonyl (C=O) groups is 2. The van der Waals surface area contributed by atoms with E-state index in [1.807, 2.05) is 0 Å². The van der Waals surface area contributed by atoms with Gasteiger partial charge in [0.05, 0.1) is 12.0 Å². The summed E-state index contributed by atoms with van der Waals surface area (Å²) in [6.45, 7) is 1.42. The lowest BCUT2D eigenvalue weighted by atomic mass is 10.2. The van der Waals surface area contributed by atoms with Gasteiger partial charge in [-0.2, -0.15) is 0 Å². The summed E-state index contributed by atoms with van der Waals surface area (Å²) >= 11 is 0. The van der Waals surface area contributed by atoms with Gasteiger partial charge in [-0.05, 0) is 31.2 Å². The lowest BCUT2D eigenvalue weighted by molar-refractivity contribution is -0.384. The van der Waals surface area contributed by atoms with E-state index in [1.165, 1.54) is 44.4 Å². The second kappa shape index (κ2) is 7.91. The van der Waals surface area contributed by atoms with Gasteiger partial charge < -0.3 is 14.8 Å². The molecule has 2 aromatic carbocycles. The fourth-order valence-corrected chi connectivity index (χ4v) is 2.00. The summed E-state index contributed by atoms with van der Waals surface area (Å²) in [4.78, 5) is 34.3. The van der Waals surface area contributed by atoms with Crippen molar-refractivity contribution >= 4 is 23.3 Å². The predicted octanol–water partition coefficient (Wildman–Crippen LogP) is 2.79. The molecule has 0 spiro atoms. The van der Waals surface area contributed by atoms with Crippen molar-refractivity contribution < 1.29 is 24.0 Å². The highest BCUT2D eigenvalue weighted by molar-refractivity contribution is 5.98. The number of amides is 1. The predicted molar refractivity (Wildman–Crippen MR) is 89.6 cm³/mol. The minimum absolute atomic E-state index is 0.0892. The van der Waals surface area contributed by atoms with Crippen LogP contribution in [0.2, 0.25) is 0 Å². The Morgan fingerprint density at radius 3 is 2.36 bits per heavy atom. The van der Waals surface area contributed by atoms with Crippen LogP contribution in [-0.2, 0) is 9.53 Å². The molecule has 2 aromatic rings. The number of nitrogens with zero attached hydrogens (tertiary/aromatic N) is 1. The van der Waals surface area contributed by atoms with E-state index < -0.39 is 22.9 Å². The number of para-hydroxylation sites is 1. The molecule has 1 N–H and O–H groups in total. The summed E-state index contributed by atoms with van der Waals surface area (Å²) < 4.78 is 10.2. The Labute approximate surface area is 143 Å². The number of hydrogen-bond acceptors (Lipinski definition) is 6. The molecule has 0 aliphatic rings. The van der Waals surface area contributed by atoms with Crippen molar-refractivity contribution in [2.24, 2.45) is 0 Å². The molecule has 1 amide bonds. The molecular weight excluding hydrogens is 328 g/mol. The molecule has 0 aliphatic heterocycles. The molecule has 8 nitrogen and oxygen atoms in total. The largest absolute Gasteiger partial charge is 0.496 e. The standard InChI is InChI=1S/C17H16N2O6/c1-11(25-17(21)14-5-3-4-6-15(14)24-2)16(20)18-12-7-9-13(10-8-12)19(22)23/h3-11H,1-2H3,(H,18,20). The number of non-ortho nitro benzene ring substituents is 1. The molecule has 2 rings (SSSR count). The number of hydrogen-bond donors (Lipinski definition) is 1. The Kier molecular flexibility index (Phi) is 5.67. The average molecular weight is 344 g/mol. The highest BCUT2D eigenvalue weighted by atomic mass is 16.6. The summed E-state index contributed by atoms with van der Waals surface area (Å²) in [6, 6.07) is 11.8. The number of nitro groups is 1. The van der Waals surface area contributed by atoms with E-state index in [9.17, 15) is 19.7 Å². The molecule has 8 heteroatoms. The highest BCUT2D eigenvalue weighted by Crippen LogP contribution is 2.19. The van der Waals surface area contributed by atoms with Gasteiger partial charge in [-0.25, -0.2) is 4.79 Å². The first-order valence-electron chi connectivity index (χ1n) is 7.31. The molecule has 0 saturated carbocycles. The van der Waals surface area contributed by atoms with E-state index in [1.54, 1.807) is 18.2 Å². The van der Waals surface area contributed by atoms with Crippen molar-refractivity contribution in [3.8, 4) is 5.75 Å². The molecule has 0 saturated heterocycles. The van der Waals surface area contributed by atoms with E-state index in [2.05, 4.69) is 5.32 Å². The fourth-order valence-electron chi connectivity index (χ4n) is 2.00. The number of ether oxygens (including phenoxy) is 2. The zero-order valence-electron chi connectivity index (χ0n) is 13.6. The normalized spacial score (nSPS) is 11.3. The topological polar surface area (TPSA) is 108 Å². The summed E-state index contributed by atoms with van der Waals surface area (Å²) in [5.41, 5.74) is 0.476. The lowest BCUT2D eigenvalue weighted by Crippen LogP contribution is -2.30. The summed E-state index contributed by atoms with van der Waals surface area (Å²) in [7, 11) is 1.43. The first-order chi connectivity index (χ1) is 11.9. The third-order valence-corrected chi connectivity index (χ3v) is 3.33. The van der Waals surface area contributed by atoms with Crippen molar-refractivity contribution in [1.29, 1.82) is 0 Å². The second-order valence-corrected chi connectivity index (χ2v) is 5.04. The van der Waals surface area contributed by atoms with E-state index >= 15 is 0 Å². The van der Waals surface area contributed by atoms with Gasteiger partial charge in [-0.1, -0.05) is 12.1 Å². The highest BCUT2D eigenvalue weighted by Gasteiger charge is 2.21. The molecule has 0 aromatic heterocycles. The third-order valence-electron chi connectivity index (χ3n) is 3.33. The van der Waals surface area contributed by atoms with Crippen LogP contribution >= 0.6 is 0 Å². The van der Waals surface area contributed by atoms with Gasteiger partial charge in [0.15, 0.2) is 6.10 Å². The molecule has 0 heterocycles. The average Bonchev–Trinajstić information content (AvgIpc) is 2.61. The molecule has 0 bridgehead atoms. The maximum Gasteiger partial charge on any atom is 0.342 e. The quantitative estimate of drug-likeness (QED) is 0.490. The van der Waals surface area contributed by atoms with Gasteiger partial charge in [0, 0.05) is 17.8 Å². The van der Waals surface area contributed by atoms with Gasteiger partial charge in [0.25, 0.3) is 11.6 Å². The van der Waals surface area contributed by atoms with Crippen LogP contribution < -0.4 is 10.1 Å². The van der Waals surface area contributed by atoms with Gasteiger partial charge in [-0.15, -0.1) is 0 Å². The van der Waals surface area contributed by atoms with Crippen molar-refractivity contribution in [1.82, 2.24) is 0 Å². The van der Waals surface area contributed by atoms with Crippen LogP contribution in [0.4, 0.5) is 11.4 Å². The zero-order chi connectivity index (χ0) is 18.4. The summed E-state index contributed by atoms with van der Waals surface area (Å²) in [5, 5.41) is 13.1. The van der Waals surface area contributed by atoms with Crippen LogP contribution in [0.3, 0.4) is 0 Å². The number of rotatable bonds is 6. The number of nitro benzene ring substituents is 1. The van der Waals surface area contributed by atoms with Crippen molar-refractivity contribution in [2.45, 2.75) is 13.0 Å². The maximum atomic E-state index is 12.2. The molecule has 1 unspecified atom stereocenters. The number of esters is 1. The van der Waals surface area contributed by atoms with Crippen molar-refractivity contribution in [2.75, 3.05) is 12.4 Å². The van der Waals surface area contributed by atoms with E-state index in [0.29, 0.717) is 11.4 Å². The molecule has 0 fully saturated rings. The molecule has 130 valence electrons. The van der Waals surface area contributed by atoms with Crippen LogP contribution in [0.15, 0.2) is 48.5 Å². The number of carbonyl (C=O) groups excluding carboxylic acids is 2. The number of benzene rings is 2. The minimum Gasteiger partial charge on any atom is -0.496 e. The minimum atomic E-state index is -1.06. The Morgan fingerprint density at radius 1 is 1.12 bits per heavy atom. The number of nitrogens with one attached hydrogen (secondary N) is 1. The van der Waals surface area contributed by atoms with Crippen LogP contribution in [0.5, 0.6) is 5.75 Å². The van der Waals surface area contributed by atoms with Crippen LogP contribution in [0, 0.1) is 10.1 Å². The third kappa shape index (κ3) is 4.54. The Hall–Kier alpha value is -3.42. The van der Waals surface area contributed by atoms with Gasteiger partial charge >= 0.3 is 5.97 Å². The SMILES string of the molecule is COc1ccccc1C(=O)OC(C)C(=O)Nc1ccc([N+](=O)[O-])cc1. The Bertz CT molecular complexity index is 788. The Morgan fingerprint density at radius 2 is 1.76 bits per heavy atom. The molecular formula is C17H16N2O6. The molecule has 25 heavy (non-hydrogen) atoms. The van der Waals surface area contributed by atoms with E-state index in [-0.39, 0.29) is 11.3 Å². The number of anilines is 1. The lowest BCUT2D eigenvalue weighted by Gasteiger charge is -2.14. The molecule has 0 aliphatic carbocycles. The summed E-state index contributed by atoms with van der Waals surface area (Å²) in [6.07, 6.45) is -1.06. The smallest absolute Gasteiger partial charge is 0.342 e. The number of methoxy groups -OCH3 is 1. The van der Waals surface area contributed by atoms with Crippen LogP contribution in [0.25, 0.3) is 0 Å². The maximum absolute atomic E-state index is 12.2. The second-order valence-electron chi connectivity index (χ2n) is 5.04. The van der Waals surface area contributed by atoms with Gasteiger partial charge in [0.2, 0.25) is 0 Å². The van der Waals surface area contributed by atoms with Crippen molar-refractivity contribution in [3.63, 3.8) is 0 Å². The first-order valence-corrected chi connectivity index (χ1v) is 7.31. The van der Waals surface area contributed by atoms with Crippen LogP contribution in [0.1, 0.15) is 17.3 Å². The zero-order valence-corrected chi connectivity index (χ0v) is 13.6. The Balaban J connectivity index is 2.00. The monoisotopic (exact) mass is 344 g/mol. The van der Waals surface area contributed by atoms with Gasteiger partial charge in [0.1, 0.15) is 11.3 Å². The summed E-state index contributed by atoms with van der Waals surface area (Å²) in [5.74, 6) is -0.906.